The molecule has 36 heavy (non-hydrogen) atoms. The Balaban J connectivity index is 2.31. The number of nitrogens with one attached hydrogen (secondary N) is 1. The average Bonchev–Trinajstić information content (AvgIpc) is 2.76. The Morgan fingerprint density at radius 1 is 1.00 bits per heavy atom. The van der Waals surface area contributed by atoms with Crippen LogP contribution in [0.4, 0.5) is 13.2 Å². The Morgan fingerprint density at radius 3 is 2.11 bits per heavy atom. The zero-order valence-corrected chi connectivity index (χ0v) is 22.1. The van der Waals surface area contributed by atoms with E-state index < -0.39 is 59.0 Å². The highest BCUT2D eigenvalue weighted by molar-refractivity contribution is 7.91. The highest BCUT2D eigenvalue weighted by Gasteiger charge is 2.38. The average molecular weight is 551 g/mol. The van der Waals surface area contributed by atoms with Gasteiger partial charge in [-0.25, -0.2) is 21.6 Å². The van der Waals surface area contributed by atoms with E-state index in [-0.39, 0.29) is 18.0 Å². The van der Waals surface area contributed by atoms with Crippen LogP contribution in [-0.2, 0) is 35.6 Å². The first-order valence-corrected chi connectivity index (χ1v) is 13.8. The fraction of sp³-hybridized carbons (Fsp3) is 0.435. The maximum Gasteiger partial charge on any atom is 0.417 e. The molecule has 8 nitrogen and oxygen atoms in total. The number of likely N-dealkylation sites (N-methyl/N-ethyl adjacent to an activating group) is 1. The van der Waals surface area contributed by atoms with E-state index in [4.69, 9.17) is 4.74 Å². The van der Waals surface area contributed by atoms with Crippen molar-refractivity contribution in [3.63, 3.8) is 0 Å². The number of alkyl halides is 3. The molecule has 0 aliphatic carbocycles. The zero-order valence-electron chi connectivity index (χ0n) is 20.5. The fourth-order valence-corrected chi connectivity index (χ4v) is 5.71. The first kappa shape index (κ1) is 29.7. The number of halogens is 3. The molecule has 200 valence electrons. The summed E-state index contributed by atoms with van der Waals surface area (Å²) in [5, 5.41) is 0. The predicted octanol–water partition coefficient (Wildman–Crippen LogP) is 3.48. The molecule has 0 spiro atoms. The van der Waals surface area contributed by atoms with E-state index in [1.165, 1.54) is 36.2 Å². The minimum atomic E-state index is -5.05. The van der Waals surface area contributed by atoms with Crippen molar-refractivity contribution in [1.29, 1.82) is 0 Å². The Morgan fingerprint density at radius 2 is 1.58 bits per heavy atom. The highest BCUT2D eigenvalue weighted by atomic mass is 32.2. The molecule has 13 heteroatoms. The number of carbonyl (C=O) groups excluding carboxylic acids is 1. The summed E-state index contributed by atoms with van der Waals surface area (Å²) >= 11 is 0. The summed E-state index contributed by atoms with van der Waals surface area (Å²) in [5.41, 5.74) is -2.23. The number of carbonyl (C=O) groups is 1. The molecule has 0 unspecified atom stereocenters. The van der Waals surface area contributed by atoms with Crippen LogP contribution in [0.5, 0.6) is 0 Å². The van der Waals surface area contributed by atoms with Gasteiger partial charge in [-0.05, 0) is 65.1 Å². The van der Waals surface area contributed by atoms with Gasteiger partial charge >= 0.3 is 12.1 Å². The van der Waals surface area contributed by atoms with E-state index in [2.05, 4.69) is 4.72 Å². The Bertz CT molecular complexity index is 1290. The van der Waals surface area contributed by atoms with Gasteiger partial charge < -0.3 is 4.74 Å². The number of nitrogens with zero attached hydrogens (tertiary/aromatic N) is 1. The van der Waals surface area contributed by atoms with Crippen LogP contribution in [-0.4, -0.2) is 59.5 Å². The normalized spacial score (nSPS) is 14.0. The standard InChI is InChI=1S/C23H29F3N2O6S2/c1-16(21(29)34-22(2,3)4)28(5)14-13-27-36(32,33)20-15-18(11-12-19(20)23(24,25)26)35(30,31)17-9-7-6-8-10-17/h6-12,15-16,27H,13-14H2,1-5H3/t16-/m0/s1. The summed E-state index contributed by atoms with van der Waals surface area (Å²) in [6.07, 6.45) is -5.05. The second-order valence-corrected chi connectivity index (χ2v) is 12.7. The van der Waals surface area contributed by atoms with E-state index in [0.717, 1.165) is 6.07 Å². The van der Waals surface area contributed by atoms with E-state index in [9.17, 15) is 34.8 Å². The second-order valence-electron chi connectivity index (χ2n) is 9.06. The van der Waals surface area contributed by atoms with Crippen LogP contribution in [0, 0.1) is 0 Å². The number of esters is 1. The molecule has 2 aromatic carbocycles. The van der Waals surface area contributed by atoms with Crippen molar-refractivity contribution in [2.45, 2.75) is 60.2 Å². The zero-order chi connectivity index (χ0) is 27.5. The Hall–Kier alpha value is -2.48. The number of hydrogen-bond donors (Lipinski definition) is 1. The van der Waals surface area contributed by atoms with Crippen LogP contribution in [0.1, 0.15) is 33.3 Å². The SMILES string of the molecule is C[C@@H](C(=O)OC(C)(C)C)N(C)CCNS(=O)(=O)c1cc(S(=O)(=O)c2ccccc2)ccc1C(F)(F)F. The van der Waals surface area contributed by atoms with Gasteiger partial charge in [0.05, 0.1) is 20.2 Å². The molecule has 0 aromatic heterocycles. The maximum atomic E-state index is 13.6. The number of hydrogen-bond acceptors (Lipinski definition) is 7. The van der Waals surface area contributed by atoms with Gasteiger partial charge in [-0.2, -0.15) is 13.2 Å². The second kappa shape index (κ2) is 10.9. The van der Waals surface area contributed by atoms with Crippen LogP contribution in [0.2, 0.25) is 0 Å². The van der Waals surface area contributed by atoms with Crippen LogP contribution >= 0.6 is 0 Å². The van der Waals surface area contributed by atoms with Gasteiger partial charge in [0.15, 0.2) is 0 Å². The molecular formula is C23H29F3N2O6S2. The number of sulfone groups is 1. The third kappa shape index (κ3) is 7.51. The molecule has 0 saturated heterocycles. The summed E-state index contributed by atoms with van der Waals surface area (Å²) in [6, 6.07) is 7.84. The van der Waals surface area contributed by atoms with Crippen LogP contribution in [0.25, 0.3) is 0 Å². The highest BCUT2D eigenvalue weighted by Crippen LogP contribution is 2.36. The molecule has 1 atom stereocenters. The van der Waals surface area contributed by atoms with Gasteiger partial charge in [-0.1, -0.05) is 18.2 Å². The van der Waals surface area contributed by atoms with E-state index >= 15 is 0 Å². The third-order valence-electron chi connectivity index (χ3n) is 5.08. The van der Waals surface area contributed by atoms with Gasteiger partial charge in [0, 0.05) is 13.1 Å². The summed E-state index contributed by atoms with van der Waals surface area (Å²) < 4.78 is 99.6. The third-order valence-corrected chi connectivity index (χ3v) is 8.35. The van der Waals surface area contributed by atoms with Crippen LogP contribution < -0.4 is 4.72 Å². The van der Waals surface area contributed by atoms with E-state index in [0.29, 0.717) is 12.1 Å². The smallest absolute Gasteiger partial charge is 0.417 e. The predicted molar refractivity (Wildman–Crippen MR) is 126 cm³/mol. The molecule has 1 N–H and O–H groups in total. The van der Waals surface area contributed by atoms with Gasteiger partial charge in [-0.3, -0.25) is 9.69 Å². The monoisotopic (exact) mass is 550 g/mol. The number of benzene rings is 2. The molecule has 0 bridgehead atoms. The number of sulfonamides is 1. The lowest BCUT2D eigenvalue weighted by Gasteiger charge is -2.27. The van der Waals surface area contributed by atoms with Crippen molar-refractivity contribution < 1.29 is 39.5 Å². The molecule has 0 radical (unpaired) electrons. The van der Waals surface area contributed by atoms with E-state index in [1.54, 1.807) is 33.8 Å². The summed E-state index contributed by atoms with van der Waals surface area (Å²) in [5.74, 6) is -0.550. The van der Waals surface area contributed by atoms with Gasteiger partial charge in [-0.15, -0.1) is 0 Å². The van der Waals surface area contributed by atoms with Crippen molar-refractivity contribution in [3.05, 3.63) is 54.1 Å². The van der Waals surface area contributed by atoms with Crippen molar-refractivity contribution in [3.8, 4) is 0 Å². The quantitative estimate of drug-likeness (QED) is 0.476. The van der Waals surface area contributed by atoms with Crippen molar-refractivity contribution in [2.75, 3.05) is 20.1 Å². The van der Waals surface area contributed by atoms with Gasteiger partial charge in [0.1, 0.15) is 11.6 Å². The van der Waals surface area contributed by atoms with Gasteiger partial charge in [0.2, 0.25) is 19.9 Å². The summed E-state index contributed by atoms with van der Waals surface area (Å²) in [4.78, 5) is 11.7. The van der Waals surface area contributed by atoms with Crippen LogP contribution in [0.3, 0.4) is 0 Å². The molecule has 2 rings (SSSR count). The van der Waals surface area contributed by atoms with Crippen LogP contribution in [0.15, 0.2) is 63.2 Å². The van der Waals surface area contributed by atoms with Gasteiger partial charge in [0.25, 0.3) is 0 Å². The topological polar surface area (TPSA) is 110 Å². The first-order chi connectivity index (χ1) is 16.4. The largest absolute Gasteiger partial charge is 0.459 e. The minimum Gasteiger partial charge on any atom is -0.459 e. The Labute approximate surface area is 209 Å². The molecule has 0 heterocycles. The molecule has 0 aliphatic heterocycles. The fourth-order valence-electron chi connectivity index (χ4n) is 3.06. The lowest BCUT2D eigenvalue weighted by Crippen LogP contribution is -2.43. The Kier molecular flexibility index (Phi) is 8.98. The molecule has 0 aliphatic rings. The number of rotatable bonds is 9. The summed E-state index contributed by atoms with van der Waals surface area (Å²) in [6.45, 7) is 6.23. The van der Waals surface area contributed by atoms with Crippen molar-refractivity contribution in [1.82, 2.24) is 9.62 Å². The first-order valence-electron chi connectivity index (χ1n) is 10.8. The van der Waals surface area contributed by atoms with Crippen molar-refractivity contribution in [2.24, 2.45) is 0 Å². The molecule has 0 saturated carbocycles. The molecule has 0 fully saturated rings. The number of ether oxygens (including phenoxy) is 1. The minimum absolute atomic E-state index is 0.0387. The molecule has 2 aromatic rings. The van der Waals surface area contributed by atoms with E-state index in [1.807, 2.05) is 0 Å². The van der Waals surface area contributed by atoms with Crippen molar-refractivity contribution >= 4 is 25.8 Å². The lowest BCUT2D eigenvalue weighted by atomic mass is 10.2. The molecule has 0 amide bonds. The lowest BCUT2D eigenvalue weighted by molar-refractivity contribution is -0.160. The maximum absolute atomic E-state index is 13.6. The molecular weight excluding hydrogens is 521 g/mol. The summed E-state index contributed by atoms with van der Waals surface area (Å²) in [7, 11) is -7.53.